The van der Waals surface area contributed by atoms with Crippen LogP contribution >= 0.6 is 32.9 Å². The van der Waals surface area contributed by atoms with Gasteiger partial charge in [-0.25, -0.2) is 30.0 Å². The number of H-pyrrole nitrogens is 1. The van der Waals surface area contributed by atoms with E-state index in [4.69, 9.17) is 41.0 Å². The summed E-state index contributed by atoms with van der Waals surface area (Å²) in [7, 11) is 4.56. The topological polar surface area (TPSA) is 664 Å². The van der Waals surface area contributed by atoms with Crippen LogP contribution in [0.4, 0.5) is 16.4 Å². The van der Waals surface area contributed by atoms with Gasteiger partial charge in [0.2, 0.25) is 29.6 Å². The molecule has 5 aromatic rings. The fraction of sp³-hybridized carbons (Fsp3) is 0.558. The molecule has 1 aliphatic rings. The van der Waals surface area contributed by atoms with Gasteiger partial charge in [0.25, 0.3) is 17.4 Å². The monoisotopic (exact) mass is 1900 g/mol. The van der Waals surface area contributed by atoms with Crippen molar-refractivity contribution in [3.8, 4) is 5.75 Å². The van der Waals surface area contributed by atoms with Crippen molar-refractivity contribution in [3.05, 3.63) is 98.0 Å². The summed E-state index contributed by atoms with van der Waals surface area (Å²) in [6.07, 6.45) is 1.86. The van der Waals surface area contributed by atoms with Crippen molar-refractivity contribution < 1.29 is 116 Å². The predicted octanol–water partition coefficient (Wildman–Crippen LogP) is 5.69. The number of carboxylic acid groups (broad SMARTS) is 3. The number of fused-ring (bicyclic) bond motifs is 1. The summed E-state index contributed by atoms with van der Waals surface area (Å²) in [6, 6.07) is 6.56. The lowest BCUT2D eigenvalue weighted by molar-refractivity contribution is -0.192. The van der Waals surface area contributed by atoms with Crippen molar-refractivity contribution in [3.63, 3.8) is 0 Å². The Morgan fingerprint density at radius 3 is 2.05 bits per heavy atom. The highest BCUT2D eigenvalue weighted by Crippen LogP contribution is 2.35. The smallest absolute Gasteiger partial charge is 0.426 e. The van der Waals surface area contributed by atoms with Crippen molar-refractivity contribution in [1.82, 2.24) is 66.8 Å². The molecule has 1 fully saturated rings. The van der Waals surface area contributed by atoms with Crippen LogP contribution in [0.1, 0.15) is 215 Å². The first-order chi connectivity index (χ1) is 62.6. The molecule has 724 valence electrons. The molecule has 4 heterocycles. The number of phenolic OH excluding ortho intramolecular Hbond substituents is 1. The van der Waals surface area contributed by atoms with Crippen LogP contribution in [0.3, 0.4) is 0 Å². The zero-order valence-corrected chi connectivity index (χ0v) is 78.1. The average molecular weight is 1900 g/mol. The van der Waals surface area contributed by atoms with Crippen LogP contribution in [0.2, 0.25) is 0 Å². The number of nitrogen functional groups attached to an aromatic ring is 1. The SMILES string of the molecule is CCCC(=O)OCN(C(=O)[C@@H](CC(=O)[C@H]1CCCCN1C)C(C)CC)[C@H](C[C@@H](OC(C)=O)c1nc(C(=O)N[C@@H](Cc2ccc(O)cc2)C[C@H](C)C(=O)NNC(=O)OCC)cs1)C(C)C.CCSSC[C@H](CC(=O)[C@H](CC(=O)O)NC(=O)[C@H](CCCN=C(N)N)CC(=O)[C@H](C)NC(=O)CC[C@H](NC(=O)c1ccc(NCc2cnc3nc(N)[nH]c(=O)c3n2)cc1)C(=O)O)C(=O)O.O=C=O. The van der Waals surface area contributed by atoms with Gasteiger partial charge in [0.05, 0.1) is 55.5 Å². The Morgan fingerprint density at radius 1 is 0.758 bits per heavy atom. The summed E-state index contributed by atoms with van der Waals surface area (Å²) in [6.45, 7) is 18.1. The zero-order chi connectivity index (χ0) is 98.4. The second-order valence-corrected chi connectivity index (χ2v) is 35.3. The van der Waals surface area contributed by atoms with Gasteiger partial charge in [-0.2, -0.15) is 14.6 Å². The first-order valence-corrected chi connectivity index (χ1v) is 46.3. The van der Waals surface area contributed by atoms with Gasteiger partial charge in [0.15, 0.2) is 47.3 Å². The highest BCUT2D eigenvalue weighted by molar-refractivity contribution is 8.76. The number of carboxylic acids is 3. The molecule has 0 radical (unpaired) electrons. The van der Waals surface area contributed by atoms with E-state index in [0.717, 1.165) is 42.7 Å². The number of aromatic amines is 1. The van der Waals surface area contributed by atoms with E-state index >= 15 is 0 Å². The number of likely N-dealkylation sites (tertiary alicyclic amines) is 1. The number of aromatic hydroxyl groups is 1. The Kier molecular flexibility index (Phi) is 49.3. The highest BCUT2D eigenvalue weighted by atomic mass is 33.1. The number of nitrogens with one attached hydrogen (secondary N) is 8. The Hall–Kier alpha value is -12.6. The number of hydrogen-bond donors (Lipinski definition) is 15. The number of thiazole rings is 1. The van der Waals surface area contributed by atoms with Crippen LogP contribution in [0.5, 0.6) is 5.75 Å². The van der Waals surface area contributed by atoms with Crippen LogP contribution < -0.4 is 60.2 Å². The maximum absolute atomic E-state index is 14.9. The Morgan fingerprint density at radius 2 is 1.44 bits per heavy atom. The van der Waals surface area contributed by atoms with Crippen molar-refractivity contribution in [2.75, 3.05) is 56.0 Å². The van der Waals surface area contributed by atoms with Gasteiger partial charge < -0.3 is 83.3 Å². The number of ketones is 3. The number of carbonyl (C=O) groups is 15. The summed E-state index contributed by atoms with van der Waals surface area (Å²) in [5, 5.41) is 53.8. The van der Waals surface area contributed by atoms with E-state index in [1.165, 1.54) is 76.2 Å². The van der Waals surface area contributed by atoms with E-state index in [0.29, 0.717) is 35.0 Å². The number of hydrogen-bond acceptors (Lipinski definition) is 33. The van der Waals surface area contributed by atoms with Crippen LogP contribution in [-0.2, 0) is 94.3 Å². The third-order valence-corrected chi connectivity index (χ3v) is 24.6. The summed E-state index contributed by atoms with van der Waals surface area (Å²) in [5.41, 5.74) is 22.2. The van der Waals surface area contributed by atoms with Gasteiger partial charge in [0.1, 0.15) is 22.5 Å². The minimum Gasteiger partial charge on any atom is -0.508 e. The van der Waals surface area contributed by atoms with Gasteiger partial charge in [-0.15, -0.1) is 11.3 Å². The summed E-state index contributed by atoms with van der Waals surface area (Å²) < 4.78 is 16.4. The lowest BCUT2D eigenvalue weighted by Gasteiger charge is -2.39. The molecule has 132 heavy (non-hydrogen) atoms. The van der Waals surface area contributed by atoms with E-state index in [-0.39, 0.29) is 159 Å². The quantitative estimate of drug-likeness (QED) is 0.00325. The molecule has 2 aromatic carbocycles. The van der Waals surface area contributed by atoms with Gasteiger partial charge in [-0.1, -0.05) is 95.0 Å². The third kappa shape index (κ3) is 39.6. The van der Waals surface area contributed by atoms with Crippen LogP contribution in [0.15, 0.2) is 69.9 Å². The number of amides is 7. The third-order valence-electron chi connectivity index (χ3n) is 21.1. The van der Waals surface area contributed by atoms with E-state index in [9.17, 15) is 97.1 Å². The molecule has 46 heteroatoms. The predicted molar refractivity (Wildman–Crippen MR) is 486 cm³/mol. The lowest BCUT2D eigenvalue weighted by atomic mass is 9.82. The molecule has 1 aliphatic heterocycles. The molecule has 7 amide bonds. The van der Waals surface area contributed by atoms with Crippen molar-refractivity contribution in [2.45, 2.75) is 227 Å². The molecule has 3 aromatic heterocycles. The van der Waals surface area contributed by atoms with E-state index < -0.39 is 168 Å². The zero-order valence-electron chi connectivity index (χ0n) is 75.7. The number of carbonyl (C=O) groups excluding carboxylic acids is 14. The Balaban J connectivity index is 0.000000536. The number of likely N-dealkylation sites (N-methyl/N-ethyl adjacent to an activating group) is 1. The molecular weight excluding hydrogens is 1780 g/mol. The van der Waals surface area contributed by atoms with E-state index in [2.05, 4.69) is 72.2 Å². The molecule has 1 saturated heterocycles. The number of esters is 2. The van der Waals surface area contributed by atoms with E-state index in [1.54, 1.807) is 38.1 Å². The first-order valence-electron chi connectivity index (χ1n) is 43.0. The number of piperidine rings is 1. The van der Waals surface area contributed by atoms with Crippen molar-refractivity contribution >= 4 is 157 Å². The first kappa shape index (κ1) is 112. The minimum atomic E-state index is -1.60. The number of aliphatic imine (C=N–C) groups is 1. The molecule has 12 atom stereocenters. The number of Topliss-reactive ketones (excluding diaryl/α,β-unsaturated/α-hetero) is 3. The molecule has 1 unspecified atom stereocenters. The van der Waals surface area contributed by atoms with Crippen LogP contribution in [0, 0.1) is 35.5 Å². The summed E-state index contributed by atoms with van der Waals surface area (Å²) >= 11 is 1.10. The number of benzene rings is 2. The maximum Gasteiger partial charge on any atom is 0.426 e. The van der Waals surface area contributed by atoms with Crippen LogP contribution in [-0.4, -0.2) is 237 Å². The van der Waals surface area contributed by atoms with Crippen molar-refractivity contribution in [2.24, 2.45) is 52.0 Å². The number of aliphatic carboxylic acids is 3. The fourth-order valence-corrected chi connectivity index (χ4v) is 16.6. The van der Waals surface area contributed by atoms with Gasteiger partial charge in [-0.05, 0) is 133 Å². The second kappa shape index (κ2) is 58.3. The maximum atomic E-state index is 14.9. The standard InChI is InChI=1S/C46H70N6O11S.C39H52N12O12S2.CO2/c1-10-15-41(56)62-27-52(45(59)35(29(6)11-2)24-39(55)37-16-13-14-21-51(37)9)38(28(4)5)25-40(63-31(8)53)44-48-36(26-64-44)43(58)47-33(23-32-17-19-34(54)20-18-32)22-30(7)42(57)49-50-46(60)61-12-3;1-3-64-65-18-22(36(60)61)14-28(53)26(15-30(55)56)49-34(58)21(5-4-12-43-38(40)41)13-27(52)19(2)46-29(54)11-10-25(37(62)63)48-33(57)20-6-8-23(9-7-20)44-16-24-17-45-32-31(47-24)35(59)51-39(42)50-32;2-1-3/h17-20,26,28-30,33,35,37-38,40,54H,10-16,21-25,27H2,1-9H3,(H,47,58)(H,49,57)(H,50,60);6-9,17,19,21-22,25-26,44H,3-5,10-16,18H2,1-2H3,(H,46,54)(H,48,57)(H,49,58)(H,55,56)(H,60,61)(H,62,63)(H4,40,41,43)(H3,42,45,50,51,59);/t29?,30-,33+,35-,37+,38+,40+;19-,21+,22-,25-,26-;/m00./s1. The second-order valence-electron chi connectivity index (χ2n) is 31.6. The molecule has 0 saturated carbocycles. The fourth-order valence-electron chi connectivity index (χ4n) is 13.8. The number of rotatable bonds is 53. The van der Waals surface area contributed by atoms with Crippen LogP contribution in [0.25, 0.3) is 11.2 Å². The highest BCUT2D eigenvalue weighted by Gasteiger charge is 2.41. The molecule has 43 nitrogen and oxygen atoms in total. The molecular formula is C86H122N18O25S3. The number of phenols is 1. The number of anilines is 2. The number of hydrazine groups is 1. The molecule has 0 spiro atoms. The minimum absolute atomic E-state index is 0.00242. The lowest BCUT2D eigenvalue weighted by Crippen LogP contribution is -2.50. The number of nitrogens with two attached hydrogens (primary N) is 3. The average Bonchev–Trinajstić information content (AvgIpc) is 1.01. The normalized spacial score (nSPS) is 14.8. The van der Waals surface area contributed by atoms with Crippen molar-refractivity contribution in [1.29, 1.82) is 0 Å². The summed E-state index contributed by atoms with van der Waals surface area (Å²) in [5.74, 6) is -14.0. The largest absolute Gasteiger partial charge is 0.508 e. The molecule has 0 aliphatic carbocycles. The Labute approximate surface area is 774 Å². The molecule has 0 bridgehead atoms. The van der Waals surface area contributed by atoms with E-state index in [1.807, 2.05) is 48.6 Å². The number of ether oxygens (including phenoxy) is 3. The molecule has 18 N–H and O–H groups in total. The molecule has 6 rings (SSSR count). The number of guanidine groups is 1. The van der Waals surface area contributed by atoms with Gasteiger partial charge in [-0.3, -0.25) is 87.4 Å². The summed E-state index contributed by atoms with van der Waals surface area (Å²) in [4.78, 5) is 249. The Bertz CT molecular complexity index is 4840. The number of aromatic nitrogens is 5. The number of nitrogens with zero attached hydrogens (tertiary/aromatic N) is 7. The van der Waals surface area contributed by atoms with Gasteiger partial charge >= 0.3 is 42.1 Å². The van der Waals surface area contributed by atoms with Gasteiger partial charge in [0, 0.05) is 110 Å².